The van der Waals surface area contributed by atoms with Gasteiger partial charge in [0.15, 0.2) is 5.89 Å². The summed E-state index contributed by atoms with van der Waals surface area (Å²) in [6.45, 7) is 2.06. The SMILES string of the molecule is CCCc1nc(-c2noc(C3CC34CCS(=O)(=O)CC4)n2)co1. The zero-order valence-corrected chi connectivity index (χ0v) is 13.8. The van der Waals surface area contributed by atoms with Crippen molar-refractivity contribution in [2.75, 3.05) is 11.5 Å². The van der Waals surface area contributed by atoms with E-state index in [0.717, 1.165) is 19.3 Å². The van der Waals surface area contributed by atoms with Crippen molar-refractivity contribution in [1.82, 2.24) is 15.1 Å². The van der Waals surface area contributed by atoms with Crippen molar-refractivity contribution in [3.63, 3.8) is 0 Å². The molecule has 1 saturated heterocycles. The summed E-state index contributed by atoms with van der Waals surface area (Å²) >= 11 is 0. The molecule has 1 aliphatic carbocycles. The highest BCUT2D eigenvalue weighted by Gasteiger charge is 2.59. The molecule has 1 atom stereocenters. The molecule has 0 amide bonds. The summed E-state index contributed by atoms with van der Waals surface area (Å²) in [4.78, 5) is 8.81. The molecule has 3 heterocycles. The molecule has 1 spiro atoms. The maximum atomic E-state index is 11.6. The Morgan fingerprint density at radius 2 is 2.09 bits per heavy atom. The Balaban J connectivity index is 1.49. The second kappa shape index (κ2) is 5.15. The molecule has 0 N–H and O–H groups in total. The number of aryl methyl sites for hydroxylation is 1. The summed E-state index contributed by atoms with van der Waals surface area (Å²) < 4.78 is 33.9. The molecular weight excluding hydrogens is 318 g/mol. The molecule has 8 heteroatoms. The van der Waals surface area contributed by atoms with Crippen LogP contribution in [0.25, 0.3) is 11.5 Å². The van der Waals surface area contributed by atoms with Crippen LogP contribution in [0.15, 0.2) is 15.2 Å². The Morgan fingerprint density at radius 3 is 2.83 bits per heavy atom. The fourth-order valence-electron chi connectivity index (χ4n) is 3.42. The second-order valence-corrected chi connectivity index (χ2v) is 8.91. The largest absolute Gasteiger partial charge is 0.448 e. The Hall–Kier alpha value is -1.70. The summed E-state index contributed by atoms with van der Waals surface area (Å²) in [5.41, 5.74) is 0.635. The molecule has 1 unspecified atom stereocenters. The van der Waals surface area contributed by atoms with E-state index in [2.05, 4.69) is 22.0 Å². The summed E-state index contributed by atoms with van der Waals surface area (Å²) in [6.07, 6.45) is 5.63. The number of nitrogens with zero attached hydrogens (tertiary/aromatic N) is 3. The highest BCUT2D eigenvalue weighted by molar-refractivity contribution is 7.91. The topological polar surface area (TPSA) is 99.1 Å². The molecule has 23 heavy (non-hydrogen) atoms. The second-order valence-electron chi connectivity index (χ2n) is 6.60. The molecule has 2 aromatic heterocycles. The third-order valence-corrected chi connectivity index (χ3v) is 6.65. The Morgan fingerprint density at radius 1 is 1.30 bits per heavy atom. The van der Waals surface area contributed by atoms with Gasteiger partial charge in [0.2, 0.25) is 11.7 Å². The maximum absolute atomic E-state index is 11.6. The molecule has 0 radical (unpaired) electrons. The van der Waals surface area contributed by atoms with Gasteiger partial charge in [0.05, 0.1) is 11.5 Å². The van der Waals surface area contributed by atoms with Crippen LogP contribution >= 0.6 is 0 Å². The van der Waals surface area contributed by atoms with E-state index >= 15 is 0 Å². The quantitative estimate of drug-likeness (QED) is 0.844. The highest BCUT2D eigenvalue weighted by atomic mass is 32.2. The molecule has 1 aliphatic heterocycles. The van der Waals surface area contributed by atoms with Crippen LogP contribution in [0, 0.1) is 5.41 Å². The Labute approximate surface area is 134 Å². The lowest BCUT2D eigenvalue weighted by atomic mass is 9.96. The minimum absolute atomic E-state index is 0.0479. The predicted molar refractivity (Wildman–Crippen MR) is 81.5 cm³/mol. The van der Waals surface area contributed by atoms with Crippen LogP contribution in [0.4, 0.5) is 0 Å². The van der Waals surface area contributed by atoms with Gasteiger partial charge in [0, 0.05) is 12.3 Å². The van der Waals surface area contributed by atoms with Crippen LogP contribution < -0.4 is 0 Å². The van der Waals surface area contributed by atoms with Crippen LogP contribution in [0.5, 0.6) is 0 Å². The van der Waals surface area contributed by atoms with Crippen molar-refractivity contribution >= 4 is 9.84 Å². The number of aromatic nitrogens is 3. The standard InChI is InChI=1S/C15H19N3O4S/c1-2-3-12-16-11(9-21-12)13-17-14(22-18-13)10-8-15(10)4-6-23(19,20)7-5-15/h9-10H,2-8H2,1H3. The van der Waals surface area contributed by atoms with Gasteiger partial charge in [-0.3, -0.25) is 0 Å². The Kier molecular flexibility index (Phi) is 3.33. The number of hydrogen-bond donors (Lipinski definition) is 0. The van der Waals surface area contributed by atoms with E-state index in [0.29, 0.717) is 36.1 Å². The third-order valence-electron chi connectivity index (χ3n) is 5.00. The van der Waals surface area contributed by atoms with Gasteiger partial charge in [0.1, 0.15) is 21.8 Å². The fourth-order valence-corrected chi connectivity index (χ4v) is 5.06. The number of rotatable bonds is 4. The molecule has 4 rings (SSSR count). The average Bonchev–Trinajstić information content (AvgIpc) is 2.91. The highest BCUT2D eigenvalue weighted by Crippen LogP contribution is 2.64. The van der Waals surface area contributed by atoms with E-state index in [-0.39, 0.29) is 22.8 Å². The van der Waals surface area contributed by atoms with Crippen molar-refractivity contribution in [2.45, 2.75) is 44.9 Å². The lowest BCUT2D eigenvalue weighted by Crippen LogP contribution is -2.25. The predicted octanol–water partition coefficient (Wildman–Crippen LogP) is 2.36. The van der Waals surface area contributed by atoms with Gasteiger partial charge in [-0.2, -0.15) is 4.98 Å². The smallest absolute Gasteiger partial charge is 0.230 e. The molecule has 124 valence electrons. The third kappa shape index (κ3) is 2.69. The first-order chi connectivity index (χ1) is 11.0. The molecule has 2 aliphatic rings. The normalized spacial score (nSPS) is 24.8. The molecule has 7 nitrogen and oxygen atoms in total. The van der Waals surface area contributed by atoms with Crippen LogP contribution in [0.2, 0.25) is 0 Å². The van der Waals surface area contributed by atoms with Gasteiger partial charge in [-0.1, -0.05) is 12.1 Å². The first-order valence-corrected chi connectivity index (χ1v) is 9.82. The monoisotopic (exact) mass is 337 g/mol. The zero-order chi connectivity index (χ0) is 16.1. The molecule has 1 saturated carbocycles. The zero-order valence-electron chi connectivity index (χ0n) is 13.0. The van der Waals surface area contributed by atoms with Crippen LogP contribution in [0.1, 0.15) is 50.3 Å². The summed E-state index contributed by atoms with van der Waals surface area (Å²) in [5, 5.41) is 4.00. The summed E-state index contributed by atoms with van der Waals surface area (Å²) in [5.74, 6) is 2.44. The van der Waals surface area contributed by atoms with Crippen LogP contribution in [0.3, 0.4) is 0 Å². The van der Waals surface area contributed by atoms with Gasteiger partial charge < -0.3 is 8.94 Å². The van der Waals surface area contributed by atoms with E-state index in [4.69, 9.17) is 8.94 Å². The van der Waals surface area contributed by atoms with E-state index in [1.807, 2.05) is 0 Å². The Bertz CT molecular complexity index is 809. The fraction of sp³-hybridized carbons (Fsp3) is 0.667. The summed E-state index contributed by atoms with van der Waals surface area (Å²) in [7, 11) is -2.85. The van der Waals surface area contributed by atoms with Crippen LogP contribution in [-0.4, -0.2) is 35.0 Å². The van der Waals surface area contributed by atoms with E-state index in [1.54, 1.807) is 6.26 Å². The van der Waals surface area contributed by atoms with Gasteiger partial charge >= 0.3 is 0 Å². The first kappa shape index (κ1) is 14.9. The average molecular weight is 337 g/mol. The van der Waals surface area contributed by atoms with Crippen LogP contribution in [-0.2, 0) is 16.3 Å². The van der Waals surface area contributed by atoms with Crippen molar-refractivity contribution in [1.29, 1.82) is 0 Å². The van der Waals surface area contributed by atoms with Crippen molar-refractivity contribution in [2.24, 2.45) is 5.41 Å². The molecule has 2 fully saturated rings. The van der Waals surface area contributed by atoms with Crippen molar-refractivity contribution in [3.05, 3.63) is 18.0 Å². The minimum atomic E-state index is -2.85. The lowest BCUT2D eigenvalue weighted by Gasteiger charge is -2.21. The first-order valence-electron chi connectivity index (χ1n) is 8.00. The van der Waals surface area contributed by atoms with Gasteiger partial charge in [-0.15, -0.1) is 0 Å². The van der Waals surface area contributed by atoms with Crippen molar-refractivity contribution in [3.8, 4) is 11.5 Å². The lowest BCUT2D eigenvalue weighted by molar-refractivity contribution is 0.348. The van der Waals surface area contributed by atoms with Gasteiger partial charge in [0.25, 0.3) is 0 Å². The van der Waals surface area contributed by atoms with Gasteiger partial charge in [-0.05, 0) is 31.1 Å². The molecule has 0 aromatic carbocycles. The minimum Gasteiger partial charge on any atom is -0.448 e. The number of oxazole rings is 1. The van der Waals surface area contributed by atoms with Crippen molar-refractivity contribution < 1.29 is 17.4 Å². The maximum Gasteiger partial charge on any atom is 0.230 e. The number of hydrogen-bond acceptors (Lipinski definition) is 7. The van der Waals surface area contributed by atoms with E-state index in [9.17, 15) is 8.42 Å². The molecular formula is C15H19N3O4S. The number of sulfone groups is 1. The van der Waals surface area contributed by atoms with E-state index < -0.39 is 9.84 Å². The van der Waals surface area contributed by atoms with Gasteiger partial charge in [-0.25, -0.2) is 13.4 Å². The van der Waals surface area contributed by atoms with E-state index in [1.165, 1.54) is 0 Å². The molecule has 0 bridgehead atoms. The molecule has 2 aromatic rings. The summed E-state index contributed by atoms with van der Waals surface area (Å²) in [6, 6.07) is 0.